The normalized spacial score (nSPS) is 20.2. The van der Waals surface area contributed by atoms with E-state index < -0.39 is 0 Å². The van der Waals surface area contributed by atoms with Crippen LogP contribution in [-0.4, -0.2) is 0 Å². The van der Waals surface area contributed by atoms with Crippen molar-refractivity contribution >= 4 is 5.69 Å². The van der Waals surface area contributed by atoms with Gasteiger partial charge in [-0.05, 0) is 36.1 Å². The molecule has 3 nitrogen and oxygen atoms in total. The van der Waals surface area contributed by atoms with Gasteiger partial charge in [-0.25, -0.2) is 0 Å². The van der Waals surface area contributed by atoms with Gasteiger partial charge in [-0.1, -0.05) is 36.4 Å². The van der Waals surface area contributed by atoms with Gasteiger partial charge in [0, 0.05) is 6.04 Å². The minimum absolute atomic E-state index is 0.0686. The Balaban J connectivity index is 1.95. The Hall–Kier alpha value is -2.31. The van der Waals surface area contributed by atoms with Gasteiger partial charge in [-0.3, -0.25) is 0 Å². The maximum absolute atomic E-state index is 9.31. The third kappa shape index (κ3) is 2.04. The summed E-state index contributed by atoms with van der Waals surface area (Å²) in [5.41, 5.74) is 11.2. The highest BCUT2D eigenvalue weighted by atomic mass is 14.9. The van der Waals surface area contributed by atoms with E-state index in [1.54, 1.807) is 0 Å². The second kappa shape index (κ2) is 4.99. The molecular weight excluding hydrogens is 246 g/mol. The minimum Gasteiger partial charge on any atom is -0.377 e. The number of hydrogen-bond acceptors (Lipinski definition) is 3. The Morgan fingerprint density at radius 1 is 1.15 bits per heavy atom. The zero-order chi connectivity index (χ0) is 14.1. The summed E-state index contributed by atoms with van der Waals surface area (Å²) in [7, 11) is 0. The third-order valence-corrected chi connectivity index (χ3v) is 3.97. The molecule has 1 aliphatic carbocycles. The molecule has 0 bridgehead atoms. The fourth-order valence-corrected chi connectivity index (χ4v) is 2.93. The van der Waals surface area contributed by atoms with Crippen LogP contribution in [0.1, 0.15) is 40.8 Å². The van der Waals surface area contributed by atoms with Crippen molar-refractivity contribution in [3.63, 3.8) is 0 Å². The molecule has 20 heavy (non-hydrogen) atoms. The molecule has 0 aliphatic heterocycles. The van der Waals surface area contributed by atoms with E-state index in [4.69, 9.17) is 5.73 Å². The molecule has 100 valence electrons. The van der Waals surface area contributed by atoms with E-state index in [1.165, 1.54) is 11.1 Å². The molecule has 0 aromatic heterocycles. The van der Waals surface area contributed by atoms with Crippen molar-refractivity contribution in [1.29, 1.82) is 5.26 Å². The summed E-state index contributed by atoms with van der Waals surface area (Å²) >= 11 is 0. The summed E-state index contributed by atoms with van der Waals surface area (Å²) in [6, 6.07) is 16.7. The number of nitriles is 1. The van der Waals surface area contributed by atoms with Crippen molar-refractivity contribution in [3.8, 4) is 6.07 Å². The van der Waals surface area contributed by atoms with Crippen molar-refractivity contribution < 1.29 is 0 Å². The first-order chi connectivity index (χ1) is 9.70. The van der Waals surface area contributed by atoms with Crippen LogP contribution < -0.4 is 11.1 Å². The van der Waals surface area contributed by atoms with Crippen molar-refractivity contribution in [3.05, 3.63) is 64.7 Å². The van der Waals surface area contributed by atoms with Crippen LogP contribution in [-0.2, 0) is 0 Å². The van der Waals surface area contributed by atoms with Gasteiger partial charge in [-0.2, -0.15) is 5.26 Å². The lowest BCUT2D eigenvalue weighted by Gasteiger charge is -2.17. The van der Waals surface area contributed by atoms with Gasteiger partial charge in [0.1, 0.15) is 6.07 Å². The Bertz CT molecular complexity index is 685. The monoisotopic (exact) mass is 263 g/mol. The Labute approximate surface area is 119 Å². The molecule has 0 fully saturated rings. The second-order valence-electron chi connectivity index (χ2n) is 5.28. The van der Waals surface area contributed by atoms with Crippen LogP contribution in [0.2, 0.25) is 0 Å². The third-order valence-electron chi connectivity index (χ3n) is 3.97. The number of aryl methyl sites for hydroxylation is 1. The first-order valence-electron chi connectivity index (χ1n) is 6.81. The number of nitrogens with two attached hydrogens (primary N) is 1. The highest BCUT2D eigenvalue weighted by molar-refractivity contribution is 5.62. The molecule has 1 aliphatic rings. The molecule has 0 radical (unpaired) electrons. The van der Waals surface area contributed by atoms with Gasteiger partial charge in [-0.15, -0.1) is 0 Å². The Kier molecular flexibility index (Phi) is 3.17. The van der Waals surface area contributed by atoms with Gasteiger partial charge in [0.15, 0.2) is 0 Å². The fourth-order valence-electron chi connectivity index (χ4n) is 2.93. The number of benzene rings is 2. The van der Waals surface area contributed by atoms with E-state index in [9.17, 15) is 5.26 Å². The first-order valence-corrected chi connectivity index (χ1v) is 6.81. The van der Waals surface area contributed by atoms with E-state index in [-0.39, 0.29) is 12.1 Å². The predicted molar refractivity (Wildman–Crippen MR) is 80.2 cm³/mol. The van der Waals surface area contributed by atoms with Gasteiger partial charge in [0.05, 0.1) is 17.3 Å². The summed E-state index contributed by atoms with van der Waals surface area (Å²) in [5, 5.41) is 12.8. The van der Waals surface area contributed by atoms with Crippen LogP contribution in [0.15, 0.2) is 42.5 Å². The molecule has 3 heteroatoms. The standard InChI is InChI=1S/C17H17N3/c1-11-5-4-8-16(14(11)10-18)20-17-9-15(19)12-6-2-3-7-13(12)17/h2-8,15,17,20H,9,19H2,1H3. The predicted octanol–water partition coefficient (Wildman–Crippen LogP) is 3.42. The quantitative estimate of drug-likeness (QED) is 0.872. The number of rotatable bonds is 2. The van der Waals surface area contributed by atoms with Crippen LogP contribution in [0.5, 0.6) is 0 Å². The minimum atomic E-state index is 0.0686. The summed E-state index contributed by atoms with van der Waals surface area (Å²) < 4.78 is 0. The van der Waals surface area contributed by atoms with Crippen LogP contribution in [0, 0.1) is 18.3 Å². The lowest BCUT2D eigenvalue weighted by atomic mass is 10.0. The molecular formula is C17H17N3. The maximum Gasteiger partial charge on any atom is 0.102 e. The van der Waals surface area contributed by atoms with Crippen LogP contribution in [0.3, 0.4) is 0 Å². The molecule has 0 heterocycles. The zero-order valence-electron chi connectivity index (χ0n) is 11.4. The molecule has 3 N–H and O–H groups in total. The van der Waals surface area contributed by atoms with Gasteiger partial charge >= 0.3 is 0 Å². The largest absolute Gasteiger partial charge is 0.377 e. The molecule has 0 amide bonds. The summed E-state index contributed by atoms with van der Waals surface area (Å²) in [4.78, 5) is 0. The lowest BCUT2D eigenvalue weighted by molar-refractivity contribution is 0.648. The number of nitrogens with one attached hydrogen (secondary N) is 1. The van der Waals surface area contributed by atoms with Gasteiger partial charge in [0.2, 0.25) is 0 Å². The van der Waals surface area contributed by atoms with Gasteiger partial charge in [0.25, 0.3) is 0 Å². The molecule has 2 aromatic rings. The number of nitrogens with zero attached hydrogens (tertiary/aromatic N) is 1. The number of hydrogen-bond donors (Lipinski definition) is 2. The zero-order valence-corrected chi connectivity index (χ0v) is 11.4. The van der Waals surface area contributed by atoms with Crippen molar-refractivity contribution in [2.45, 2.75) is 25.4 Å². The number of fused-ring (bicyclic) bond motifs is 1. The van der Waals surface area contributed by atoms with Crippen LogP contribution in [0.25, 0.3) is 0 Å². The molecule has 0 spiro atoms. The van der Waals surface area contributed by atoms with E-state index in [2.05, 4.69) is 23.5 Å². The van der Waals surface area contributed by atoms with E-state index in [0.717, 1.165) is 17.7 Å². The number of anilines is 1. The molecule has 3 rings (SSSR count). The summed E-state index contributed by atoms with van der Waals surface area (Å²) in [5.74, 6) is 0. The Morgan fingerprint density at radius 2 is 1.90 bits per heavy atom. The lowest BCUT2D eigenvalue weighted by Crippen LogP contribution is -2.11. The SMILES string of the molecule is Cc1cccc(NC2CC(N)c3ccccc32)c1C#N. The summed E-state index contributed by atoms with van der Waals surface area (Å²) in [6.45, 7) is 1.96. The Morgan fingerprint density at radius 3 is 2.65 bits per heavy atom. The van der Waals surface area contributed by atoms with E-state index in [0.29, 0.717) is 5.56 Å². The smallest absolute Gasteiger partial charge is 0.102 e. The van der Waals surface area contributed by atoms with Crippen molar-refractivity contribution in [2.24, 2.45) is 5.73 Å². The molecule has 2 unspecified atom stereocenters. The molecule has 2 aromatic carbocycles. The topological polar surface area (TPSA) is 61.8 Å². The van der Waals surface area contributed by atoms with Gasteiger partial charge < -0.3 is 11.1 Å². The summed E-state index contributed by atoms with van der Waals surface area (Å²) in [6.07, 6.45) is 0.859. The second-order valence-corrected chi connectivity index (χ2v) is 5.28. The molecule has 2 atom stereocenters. The highest BCUT2D eigenvalue weighted by Gasteiger charge is 2.28. The van der Waals surface area contributed by atoms with E-state index >= 15 is 0 Å². The molecule has 0 saturated heterocycles. The van der Waals surface area contributed by atoms with E-state index in [1.807, 2.05) is 37.3 Å². The van der Waals surface area contributed by atoms with Crippen LogP contribution in [0.4, 0.5) is 5.69 Å². The average molecular weight is 263 g/mol. The first kappa shape index (κ1) is 12.7. The maximum atomic E-state index is 9.31. The van der Waals surface area contributed by atoms with Crippen molar-refractivity contribution in [2.75, 3.05) is 5.32 Å². The molecule has 0 saturated carbocycles. The highest BCUT2D eigenvalue weighted by Crippen LogP contribution is 2.39. The van der Waals surface area contributed by atoms with Crippen molar-refractivity contribution in [1.82, 2.24) is 0 Å². The van der Waals surface area contributed by atoms with Crippen LogP contribution >= 0.6 is 0 Å². The average Bonchev–Trinajstić information content (AvgIpc) is 2.77. The fraction of sp³-hybridized carbons (Fsp3) is 0.235.